The lowest BCUT2D eigenvalue weighted by Gasteiger charge is -2.06. The summed E-state index contributed by atoms with van der Waals surface area (Å²) in [5, 5.41) is 2.03. The van der Waals surface area contributed by atoms with Crippen LogP contribution in [0.5, 0.6) is 5.75 Å². The molecule has 2 aromatic rings. The normalized spacial score (nSPS) is 13.2. The number of primary amides is 1. The third-order valence-corrected chi connectivity index (χ3v) is 3.66. The molecule has 0 radical (unpaired) electrons. The van der Waals surface area contributed by atoms with Crippen LogP contribution in [-0.2, 0) is 6.42 Å². The number of rotatable bonds is 1. The van der Waals surface area contributed by atoms with Gasteiger partial charge in [-0.1, -0.05) is 0 Å². The van der Waals surface area contributed by atoms with Gasteiger partial charge < -0.3 is 10.5 Å². The van der Waals surface area contributed by atoms with Gasteiger partial charge in [0, 0.05) is 6.42 Å². The van der Waals surface area contributed by atoms with Crippen molar-refractivity contribution >= 4 is 17.2 Å². The minimum absolute atomic E-state index is 0.272. The van der Waals surface area contributed by atoms with Crippen LogP contribution in [0.25, 0.3) is 10.6 Å². The first-order chi connectivity index (χ1) is 8.25. The van der Waals surface area contributed by atoms with Gasteiger partial charge in [-0.05, 0) is 29.1 Å². The van der Waals surface area contributed by atoms with Gasteiger partial charge in [0.1, 0.15) is 17.1 Å². The zero-order valence-corrected chi connectivity index (χ0v) is 9.79. The molecule has 0 fully saturated rings. The summed E-state index contributed by atoms with van der Waals surface area (Å²) in [6.45, 7) is 0.633. The molecule has 86 valence electrons. The molecule has 0 aromatic carbocycles. The Kier molecular flexibility index (Phi) is 2.33. The molecule has 0 atom stereocenters. The summed E-state index contributed by atoms with van der Waals surface area (Å²) in [6.07, 6.45) is 0.862. The van der Waals surface area contributed by atoms with Gasteiger partial charge in [-0.2, -0.15) is 0 Å². The lowest BCUT2D eigenvalue weighted by atomic mass is 10.1. The molecule has 0 spiro atoms. The van der Waals surface area contributed by atoms with Crippen molar-refractivity contribution in [1.82, 2.24) is 4.98 Å². The first-order valence-electron chi connectivity index (χ1n) is 5.26. The maximum atomic E-state index is 11.1. The predicted molar refractivity (Wildman–Crippen MR) is 65.3 cm³/mol. The standard InChI is InChI=1S/C12H10N2O2S/c13-12(15)8-1-2-9-10(14-8)11-7(3-5-16-9)4-6-17-11/h1-2,4,6H,3,5H2,(H2,13,15). The first kappa shape index (κ1) is 10.3. The van der Waals surface area contributed by atoms with Gasteiger partial charge in [0.2, 0.25) is 0 Å². The Morgan fingerprint density at radius 3 is 3.12 bits per heavy atom. The average molecular weight is 246 g/mol. The molecule has 0 saturated carbocycles. The second-order valence-electron chi connectivity index (χ2n) is 3.78. The second kappa shape index (κ2) is 3.85. The van der Waals surface area contributed by atoms with E-state index in [1.54, 1.807) is 23.5 Å². The molecule has 4 nitrogen and oxygen atoms in total. The molecule has 0 aliphatic carbocycles. The molecule has 1 aliphatic rings. The van der Waals surface area contributed by atoms with Crippen molar-refractivity contribution in [3.63, 3.8) is 0 Å². The summed E-state index contributed by atoms with van der Waals surface area (Å²) in [4.78, 5) is 16.5. The average Bonchev–Trinajstić information content (AvgIpc) is 2.71. The Morgan fingerprint density at radius 1 is 1.41 bits per heavy atom. The van der Waals surface area contributed by atoms with E-state index in [-0.39, 0.29) is 5.69 Å². The summed E-state index contributed by atoms with van der Waals surface area (Å²) in [6, 6.07) is 5.42. The number of amides is 1. The van der Waals surface area contributed by atoms with Gasteiger partial charge in [-0.25, -0.2) is 4.98 Å². The van der Waals surface area contributed by atoms with Crippen molar-refractivity contribution in [1.29, 1.82) is 0 Å². The molecule has 3 heterocycles. The van der Waals surface area contributed by atoms with Crippen LogP contribution >= 0.6 is 11.3 Å². The third-order valence-electron chi connectivity index (χ3n) is 2.70. The fourth-order valence-electron chi connectivity index (χ4n) is 1.87. The van der Waals surface area contributed by atoms with Gasteiger partial charge in [-0.3, -0.25) is 4.79 Å². The summed E-state index contributed by atoms with van der Waals surface area (Å²) >= 11 is 1.61. The molecule has 2 aromatic heterocycles. The van der Waals surface area contributed by atoms with Crippen molar-refractivity contribution < 1.29 is 9.53 Å². The zero-order chi connectivity index (χ0) is 11.8. The van der Waals surface area contributed by atoms with Crippen LogP contribution in [0.1, 0.15) is 16.1 Å². The van der Waals surface area contributed by atoms with Crippen molar-refractivity contribution in [2.24, 2.45) is 5.73 Å². The Balaban J connectivity index is 2.22. The van der Waals surface area contributed by atoms with E-state index in [2.05, 4.69) is 11.1 Å². The molecule has 0 unspecified atom stereocenters. The van der Waals surface area contributed by atoms with E-state index in [1.165, 1.54) is 5.56 Å². The molecule has 1 amide bonds. The second-order valence-corrected chi connectivity index (χ2v) is 4.70. The van der Waals surface area contributed by atoms with Crippen LogP contribution in [-0.4, -0.2) is 17.5 Å². The number of nitrogens with zero attached hydrogens (tertiary/aromatic N) is 1. The minimum atomic E-state index is -0.518. The molecule has 0 saturated heterocycles. The van der Waals surface area contributed by atoms with E-state index in [9.17, 15) is 4.79 Å². The number of carbonyl (C=O) groups excluding carboxylic acids is 1. The monoisotopic (exact) mass is 246 g/mol. The van der Waals surface area contributed by atoms with E-state index in [4.69, 9.17) is 10.5 Å². The maximum Gasteiger partial charge on any atom is 0.267 e. The molecule has 2 N–H and O–H groups in total. The Morgan fingerprint density at radius 2 is 2.29 bits per heavy atom. The molecule has 0 bridgehead atoms. The van der Waals surface area contributed by atoms with Crippen molar-refractivity contribution in [2.45, 2.75) is 6.42 Å². The van der Waals surface area contributed by atoms with Crippen LogP contribution in [0.2, 0.25) is 0 Å². The Hall–Kier alpha value is -1.88. The summed E-state index contributed by atoms with van der Waals surface area (Å²) < 4.78 is 5.62. The van der Waals surface area contributed by atoms with Gasteiger partial charge in [0.25, 0.3) is 5.91 Å². The van der Waals surface area contributed by atoms with Gasteiger partial charge in [0.15, 0.2) is 0 Å². The molecule has 1 aliphatic heterocycles. The number of aromatic nitrogens is 1. The first-order valence-corrected chi connectivity index (χ1v) is 6.14. The Labute approximate surface area is 102 Å². The summed E-state index contributed by atoms with van der Waals surface area (Å²) in [5.41, 5.74) is 7.45. The van der Waals surface area contributed by atoms with Crippen molar-refractivity contribution in [3.05, 3.63) is 34.8 Å². The molecule has 5 heteroatoms. The highest BCUT2D eigenvalue weighted by molar-refractivity contribution is 7.13. The number of thiophene rings is 1. The highest BCUT2D eigenvalue weighted by atomic mass is 32.1. The zero-order valence-electron chi connectivity index (χ0n) is 8.97. The van der Waals surface area contributed by atoms with Crippen molar-refractivity contribution in [2.75, 3.05) is 6.61 Å². The SMILES string of the molecule is NC(=O)c1ccc2c(n1)-c1sccc1CCO2. The van der Waals surface area contributed by atoms with Gasteiger partial charge >= 0.3 is 0 Å². The number of carbonyl (C=O) groups is 1. The third kappa shape index (κ3) is 1.68. The van der Waals surface area contributed by atoms with Crippen LogP contribution in [0.3, 0.4) is 0 Å². The van der Waals surface area contributed by atoms with Crippen LogP contribution in [0.15, 0.2) is 23.6 Å². The number of hydrogen-bond acceptors (Lipinski definition) is 4. The van der Waals surface area contributed by atoms with E-state index in [1.807, 2.05) is 5.38 Å². The Bertz CT molecular complexity index is 592. The van der Waals surface area contributed by atoms with E-state index >= 15 is 0 Å². The topological polar surface area (TPSA) is 65.2 Å². The molecular formula is C12H10N2O2S. The smallest absolute Gasteiger partial charge is 0.267 e. The fourth-order valence-corrected chi connectivity index (χ4v) is 2.82. The van der Waals surface area contributed by atoms with Crippen LogP contribution in [0.4, 0.5) is 0 Å². The largest absolute Gasteiger partial charge is 0.491 e. The molecule has 17 heavy (non-hydrogen) atoms. The molecule has 3 rings (SSSR count). The van der Waals surface area contributed by atoms with Gasteiger partial charge in [-0.15, -0.1) is 11.3 Å². The van der Waals surface area contributed by atoms with Crippen LogP contribution < -0.4 is 10.5 Å². The number of nitrogens with two attached hydrogens (primary N) is 1. The lowest BCUT2D eigenvalue weighted by molar-refractivity contribution is 0.0995. The number of hydrogen-bond donors (Lipinski definition) is 1. The summed E-state index contributed by atoms with van der Waals surface area (Å²) in [5.74, 6) is 0.200. The highest BCUT2D eigenvalue weighted by Gasteiger charge is 2.19. The van der Waals surface area contributed by atoms with E-state index in [0.29, 0.717) is 6.61 Å². The summed E-state index contributed by atoms with van der Waals surface area (Å²) in [7, 11) is 0. The number of ether oxygens (including phenoxy) is 1. The van der Waals surface area contributed by atoms with E-state index < -0.39 is 5.91 Å². The quantitative estimate of drug-likeness (QED) is 0.835. The van der Waals surface area contributed by atoms with Crippen molar-refractivity contribution in [3.8, 4) is 16.3 Å². The fraction of sp³-hybridized carbons (Fsp3) is 0.167. The predicted octanol–water partition coefficient (Wildman–Crippen LogP) is 1.84. The number of fused-ring (bicyclic) bond motifs is 3. The number of pyridine rings is 1. The highest BCUT2D eigenvalue weighted by Crippen LogP contribution is 2.37. The molecular weight excluding hydrogens is 236 g/mol. The van der Waals surface area contributed by atoms with Gasteiger partial charge in [0.05, 0.1) is 11.5 Å². The minimum Gasteiger partial charge on any atom is -0.491 e. The van der Waals surface area contributed by atoms with Crippen LogP contribution in [0, 0.1) is 0 Å². The lowest BCUT2D eigenvalue weighted by Crippen LogP contribution is -2.13. The van der Waals surface area contributed by atoms with E-state index in [0.717, 1.165) is 22.7 Å². The maximum absolute atomic E-state index is 11.1.